The fraction of sp³-hybridized carbons (Fsp3) is 0.125. The van der Waals surface area contributed by atoms with Gasteiger partial charge in [0.1, 0.15) is 0 Å². The standard InChI is InChI=1S/C8H6N2O3/c11-8-2-6-4-9-3-5(6)1-7(8)10(12)13/h1-3,11H,4H2. The van der Waals surface area contributed by atoms with E-state index in [1.54, 1.807) is 6.21 Å². The van der Waals surface area contributed by atoms with Crippen molar-refractivity contribution in [3.63, 3.8) is 0 Å². The average Bonchev–Trinajstić information content (AvgIpc) is 2.48. The van der Waals surface area contributed by atoms with Crippen LogP contribution < -0.4 is 0 Å². The Bertz CT molecular complexity index is 412. The minimum Gasteiger partial charge on any atom is -0.502 e. The molecule has 13 heavy (non-hydrogen) atoms. The van der Waals surface area contributed by atoms with Gasteiger partial charge in [0.15, 0.2) is 5.75 Å². The maximum absolute atomic E-state index is 10.4. The van der Waals surface area contributed by atoms with Gasteiger partial charge in [-0.15, -0.1) is 0 Å². The van der Waals surface area contributed by atoms with E-state index in [0.29, 0.717) is 12.1 Å². The minimum atomic E-state index is -0.609. The summed E-state index contributed by atoms with van der Waals surface area (Å²) in [4.78, 5) is 13.7. The summed E-state index contributed by atoms with van der Waals surface area (Å²) in [6.45, 7) is 0.487. The predicted octanol–water partition coefficient (Wildman–Crippen LogP) is 1.23. The van der Waals surface area contributed by atoms with E-state index in [-0.39, 0.29) is 11.4 Å². The van der Waals surface area contributed by atoms with Gasteiger partial charge in [-0.25, -0.2) is 0 Å². The Morgan fingerprint density at radius 2 is 2.31 bits per heavy atom. The Kier molecular flexibility index (Phi) is 1.51. The zero-order valence-electron chi connectivity index (χ0n) is 6.60. The highest BCUT2D eigenvalue weighted by atomic mass is 16.6. The van der Waals surface area contributed by atoms with Crippen LogP contribution in [0.1, 0.15) is 11.1 Å². The van der Waals surface area contributed by atoms with Crippen molar-refractivity contribution in [2.45, 2.75) is 6.54 Å². The molecule has 0 fully saturated rings. The molecule has 1 aliphatic heterocycles. The van der Waals surface area contributed by atoms with Crippen LogP contribution in [0.3, 0.4) is 0 Å². The van der Waals surface area contributed by atoms with Crippen LogP contribution in [-0.2, 0) is 6.54 Å². The maximum atomic E-state index is 10.4. The number of nitro groups is 1. The molecule has 0 amide bonds. The molecule has 1 aromatic carbocycles. The molecule has 5 heteroatoms. The van der Waals surface area contributed by atoms with E-state index < -0.39 is 4.92 Å². The van der Waals surface area contributed by atoms with Crippen LogP contribution in [0, 0.1) is 10.1 Å². The number of nitro benzene ring substituents is 1. The number of aliphatic imine (C=N–C) groups is 1. The summed E-state index contributed by atoms with van der Waals surface area (Å²) in [5, 5.41) is 19.7. The first kappa shape index (κ1) is 7.72. The molecule has 0 aromatic heterocycles. The van der Waals surface area contributed by atoms with Crippen molar-refractivity contribution in [2.24, 2.45) is 4.99 Å². The number of hydrogen-bond acceptors (Lipinski definition) is 4. The van der Waals surface area contributed by atoms with Crippen molar-refractivity contribution >= 4 is 11.9 Å². The van der Waals surface area contributed by atoms with Crippen LogP contribution in [0.15, 0.2) is 17.1 Å². The lowest BCUT2D eigenvalue weighted by atomic mass is 10.1. The molecule has 1 N–H and O–H groups in total. The molecule has 0 saturated carbocycles. The second kappa shape index (κ2) is 2.55. The van der Waals surface area contributed by atoms with Crippen molar-refractivity contribution in [1.82, 2.24) is 0 Å². The largest absolute Gasteiger partial charge is 0.502 e. The van der Waals surface area contributed by atoms with Crippen molar-refractivity contribution in [2.75, 3.05) is 0 Å². The molecule has 66 valence electrons. The predicted molar refractivity (Wildman–Crippen MR) is 46.1 cm³/mol. The summed E-state index contributed by atoms with van der Waals surface area (Å²) in [6.07, 6.45) is 1.57. The lowest BCUT2D eigenvalue weighted by molar-refractivity contribution is -0.385. The van der Waals surface area contributed by atoms with Crippen LogP contribution in [0.2, 0.25) is 0 Å². The fourth-order valence-electron chi connectivity index (χ4n) is 1.28. The lowest BCUT2D eigenvalue weighted by Crippen LogP contribution is -1.92. The summed E-state index contributed by atoms with van der Waals surface area (Å²) >= 11 is 0. The summed E-state index contributed by atoms with van der Waals surface area (Å²) in [7, 11) is 0. The third kappa shape index (κ3) is 1.14. The van der Waals surface area contributed by atoms with Gasteiger partial charge in [-0.05, 0) is 11.6 Å². The number of nitrogens with zero attached hydrogens (tertiary/aromatic N) is 2. The molecular formula is C8H6N2O3. The van der Waals surface area contributed by atoms with Gasteiger partial charge in [-0.1, -0.05) is 0 Å². The van der Waals surface area contributed by atoms with E-state index >= 15 is 0 Å². The Morgan fingerprint density at radius 1 is 1.54 bits per heavy atom. The molecule has 0 bridgehead atoms. The van der Waals surface area contributed by atoms with Crippen LogP contribution in [0.25, 0.3) is 0 Å². The zero-order chi connectivity index (χ0) is 9.42. The van der Waals surface area contributed by atoms with Crippen molar-refractivity contribution in [3.05, 3.63) is 33.4 Å². The summed E-state index contributed by atoms with van der Waals surface area (Å²) in [6, 6.07) is 2.72. The van der Waals surface area contributed by atoms with E-state index in [1.807, 2.05) is 0 Å². The maximum Gasteiger partial charge on any atom is 0.311 e. The van der Waals surface area contributed by atoms with Crippen LogP contribution in [-0.4, -0.2) is 16.2 Å². The average molecular weight is 178 g/mol. The molecule has 1 heterocycles. The van der Waals surface area contributed by atoms with E-state index in [0.717, 1.165) is 5.56 Å². The number of phenolic OH excluding ortho intramolecular Hbond substituents is 1. The molecule has 0 unspecified atom stereocenters. The second-order valence-corrected chi connectivity index (χ2v) is 2.77. The molecule has 1 aromatic rings. The van der Waals surface area contributed by atoms with Crippen LogP contribution in [0.5, 0.6) is 5.75 Å². The Hall–Kier alpha value is -1.91. The van der Waals surface area contributed by atoms with Crippen molar-refractivity contribution < 1.29 is 10.0 Å². The first-order valence-corrected chi connectivity index (χ1v) is 3.68. The third-order valence-corrected chi connectivity index (χ3v) is 1.93. The summed E-state index contributed by atoms with van der Waals surface area (Å²) in [5.74, 6) is -0.297. The highest BCUT2D eigenvalue weighted by Gasteiger charge is 2.18. The van der Waals surface area contributed by atoms with Gasteiger partial charge in [-0.2, -0.15) is 0 Å². The molecule has 0 aliphatic carbocycles. The SMILES string of the molecule is O=[N+]([O-])c1cc2c(cc1O)CN=C2. The molecule has 0 spiro atoms. The number of hydrogen-bond donors (Lipinski definition) is 1. The molecule has 0 atom stereocenters. The molecule has 2 rings (SSSR count). The first-order chi connectivity index (χ1) is 6.18. The minimum absolute atomic E-state index is 0.271. The highest BCUT2D eigenvalue weighted by Crippen LogP contribution is 2.30. The highest BCUT2D eigenvalue weighted by molar-refractivity contribution is 5.86. The number of fused-ring (bicyclic) bond motifs is 1. The number of rotatable bonds is 1. The van der Waals surface area contributed by atoms with Gasteiger partial charge < -0.3 is 5.11 Å². The van der Waals surface area contributed by atoms with Crippen LogP contribution in [0.4, 0.5) is 5.69 Å². The number of phenols is 1. The molecular weight excluding hydrogens is 172 g/mol. The van der Waals surface area contributed by atoms with Gasteiger partial charge >= 0.3 is 5.69 Å². The fourth-order valence-corrected chi connectivity index (χ4v) is 1.28. The summed E-state index contributed by atoms with van der Waals surface area (Å²) in [5.41, 5.74) is 1.26. The van der Waals surface area contributed by atoms with E-state index in [2.05, 4.69) is 4.99 Å². The van der Waals surface area contributed by atoms with Crippen LogP contribution >= 0.6 is 0 Å². The normalized spacial score (nSPS) is 12.9. The Labute approximate surface area is 73.5 Å². The Balaban J connectivity index is 2.60. The van der Waals surface area contributed by atoms with Gasteiger partial charge in [0, 0.05) is 17.8 Å². The Morgan fingerprint density at radius 3 is 3.00 bits per heavy atom. The van der Waals surface area contributed by atoms with Gasteiger partial charge in [-0.3, -0.25) is 15.1 Å². The van der Waals surface area contributed by atoms with Crippen molar-refractivity contribution in [3.8, 4) is 5.75 Å². The molecule has 1 aliphatic rings. The number of aromatic hydroxyl groups is 1. The van der Waals surface area contributed by atoms with Gasteiger partial charge in [0.25, 0.3) is 0 Å². The van der Waals surface area contributed by atoms with Gasteiger partial charge in [0.05, 0.1) is 11.5 Å². The lowest BCUT2D eigenvalue weighted by Gasteiger charge is -1.99. The third-order valence-electron chi connectivity index (χ3n) is 1.93. The van der Waals surface area contributed by atoms with E-state index in [9.17, 15) is 15.2 Å². The molecule has 5 nitrogen and oxygen atoms in total. The van der Waals surface area contributed by atoms with E-state index in [4.69, 9.17) is 0 Å². The molecule has 0 saturated heterocycles. The molecule has 0 radical (unpaired) electrons. The monoisotopic (exact) mass is 178 g/mol. The quantitative estimate of drug-likeness (QED) is 0.519. The van der Waals surface area contributed by atoms with Gasteiger partial charge in [0.2, 0.25) is 0 Å². The zero-order valence-corrected chi connectivity index (χ0v) is 6.60. The smallest absolute Gasteiger partial charge is 0.311 e. The number of benzene rings is 1. The van der Waals surface area contributed by atoms with E-state index in [1.165, 1.54) is 12.1 Å². The topological polar surface area (TPSA) is 75.7 Å². The van der Waals surface area contributed by atoms with Crippen molar-refractivity contribution in [1.29, 1.82) is 0 Å². The summed E-state index contributed by atoms with van der Waals surface area (Å²) < 4.78 is 0. The first-order valence-electron chi connectivity index (χ1n) is 3.68. The second-order valence-electron chi connectivity index (χ2n) is 2.77.